The first-order chi connectivity index (χ1) is 16.0. The Kier molecular flexibility index (Phi) is 5.10. The van der Waals surface area contributed by atoms with Crippen molar-refractivity contribution >= 4 is 16.9 Å². The molecule has 4 nitrogen and oxygen atoms in total. The number of aromatic carboxylic acids is 1. The molecular formula is C29H34N2O2. The zero-order valence-electron chi connectivity index (χ0n) is 19.8. The van der Waals surface area contributed by atoms with Crippen LogP contribution in [0.5, 0.6) is 0 Å². The second-order valence-electron chi connectivity index (χ2n) is 10.8. The Bertz CT molecular complexity index is 1220. The fourth-order valence-corrected chi connectivity index (χ4v) is 7.16. The zero-order valence-corrected chi connectivity index (χ0v) is 19.8. The Balaban J connectivity index is 1.62. The molecule has 33 heavy (non-hydrogen) atoms. The van der Waals surface area contributed by atoms with Crippen LogP contribution >= 0.6 is 0 Å². The van der Waals surface area contributed by atoms with Crippen molar-refractivity contribution in [2.24, 2.45) is 5.92 Å². The van der Waals surface area contributed by atoms with Crippen LogP contribution in [0.1, 0.15) is 78.3 Å². The molecule has 0 saturated heterocycles. The molecule has 0 radical (unpaired) electrons. The topological polar surface area (TPSA) is 45.5 Å². The lowest BCUT2D eigenvalue weighted by atomic mass is 9.80. The second-order valence-corrected chi connectivity index (χ2v) is 10.8. The monoisotopic (exact) mass is 442 g/mol. The molecule has 2 aliphatic carbocycles. The fraction of sp³-hybridized carbons (Fsp3) is 0.483. The highest BCUT2D eigenvalue weighted by molar-refractivity contribution is 5.98. The Morgan fingerprint density at radius 1 is 1.03 bits per heavy atom. The number of nitrogens with zero attached hydrogens (tertiary/aromatic N) is 2. The highest BCUT2D eigenvalue weighted by Crippen LogP contribution is 2.52. The normalized spacial score (nSPS) is 25.0. The maximum Gasteiger partial charge on any atom is 0.335 e. The van der Waals surface area contributed by atoms with E-state index in [2.05, 4.69) is 53.9 Å². The van der Waals surface area contributed by atoms with Crippen molar-refractivity contribution in [2.75, 3.05) is 14.1 Å². The quantitative estimate of drug-likeness (QED) is 0.504. The molecule has 3 aliphatic rings. The number of hydrogen-bond acceptors (Lipinski definition) is 2. The lowest BCUT2D eigenvalue weighted by Gasteiger charge is -2.24. The molecule has 3 aromatic rings. The molecule has 1 N–H and O–H groups in total. The Morgan fingerprint density at radius 2 is 1.82 bits per heavy atom. The number of fused-ring (bicyclic) bond motifs is 7. The maximum atomic E-state index is 11.9. The van der Waals surface area contributed by atoms with E-state index in [1.54, 1.807) is 0 Å². The van der Waals surface area contributed by atoms with Gasteiger partial charge < -0.3 is 14.6 Å². The largest absolute Gasteiger partial charge is 0.478 e. The Morgan fingerprint density at radius 3 is 2.58 bits per heavy atom. The smallest absolute Gasteiger partial charge is 0.335 e. The summed E-state index contributed by atoms with van der Waals surface area (Å²) in [6.45, 7) is 0.977. The van der Waals surface area contributed by atoms with Gasteiger partial charge >= 0.3 is 5.97 Å². The predicted octanol–water partition coefficient (Wildman–Crippen LogP) is 6.49. The van der Waals surface area contributed by atoms with Gasteiger partial charge in [0.05, 0.1) is 11.3 Å². The van der Waals surface area contributed by atoms with E-state index < -0.39 is 5.97 Å². The van der Waals surface area contributed by atoms with E-state index in [4.69, 9.17) is 0 Å². The number of carboxylic acid groups (broad SMARTS) is 1. The van der Waals surface area contributed by atoms with Gasteiger partial charge in [-0.05, 0) is 80.8 Å². The first-order valence-corrected chi connectivity index (χ1v) is 12.7. The number of carboxylic acids is 1. The molecule has 0 unspecified atom stereocenters. The summed E-state index contributed by atoms with van der Waals surface area (Å²) in [5.41, 5.74) is 7.27. The van der Waals surface area contributed by atoms with Crippen molar-refractivity contribution < 1.29 is 9.90 Å². The third-order valence-electron chi connectivity index (χ3n) is 8.80. The van der Waals surface area contributed by atoms with Crippen LogP contribution in [0.4, 0.5) is 0 Å². The lowest BCUT2D eigenvalue weighted by molar-refractivity contribution is 0.0697. The summed E-state index contributed by atoms with van der Waals surface area (Å²) >= 11 is 0. The van der Waals surface area contributed by atoms with E-state index >= 15 is 0 Å². The van der Waals surface area contributed by atoms with Crippen LogP contribution < -0.4 is 0 Å². The predicted molar refractivity (Wildman–Crippen MR) is 133 cm³/mol. The number of rotatable bonds is 3. The second kappa shape index (κ2) is 8.02. The molecule has 0 amide bonds. The minimum Gasteiger partial charge on any atom is -0.478 e. The van der Waals surface area contributed by atoms with E-state index in [1.165, 1.54) is 72.7 Å². The van der Waals surface area contributed by atoms with E-state index in [0.29, 0.717) is 29.4 Å². The maximum absolute atomic E-state index is 11.9. The van der Waals surface area contributed by atoms with Crippen molar-refractivity contribution in [3.8, 4) is 11.3 Å². The van der Waals surface area contributed by atoms with Gasteiger partial charge in [-0.15, -0.1) is 0 Å². The highest BCUT2D eigenvalue weighted by Gasteiger charge is 2.41. The van der Waals surface area contributed by atoms with Crippen LogP contribution in [0.25, 0.3) is 22.2 Å². The lowest BCUT2D eigenvalue weighted by Crippen LogP contribution is -2.25. The molecule has 172 valence electrons. The number of hydrogen-bond donors (Lipinski definition) is 1. The van der Waals surface area contributed by atoms with E-state index in [-0.39, 0.29) is 0 Å². The van der Waals surface area contributed by atoms with Gasteiger partial charge in [-0.1, -0.05) is 49.6 Å². The summed E-state index contributed by atoms with van der Waals surface area (Å²) in [7, 11) is 4.41. The molecule has 2 aromatic carbocycles. The Labute approximate surface area is 196 Å². The van der Waals surface area contributed by atoms with E-state index in [1.807, 2.05) is 12.1 Å². The first kappa shape index (κ1) is 21.0. The number of benzene rings is 2. The number of aromatic nitrogens is 1. The fourth-order valence-electron chi connectivity index (χ4n) is 7.16. The van der Waals surface area contributed by atoms with Gasteiger partial charge in [0, 0.05) is 29.1 Å². The van der Waals surface area contributed by atoms with Gasteiger partial charge in [0.25, 0.3) is 0 Å². The third-order valence-corrected chi connectivity index (χ3v) is 8.80. The molecule has 0 spiro atoms. The molecule has 1 aliphatic heterocycles. The standard InChI is InChI=1S/C29H34N2O2/c1-30(2)21-14-20-17-31-26-15-19(29(32)33)12-13-24(26)27(18-8-4-3-5-9-18)28(31)23-11-7-6-10-22(23)25(20)16-21/h6-7,10-13,15,18,20-21,25H,3-5,8-9,14,16-17H2,1-2H3,(H,32,33)/t20-,21-,25-/m0/s1. The van der Waals surface area contributed by atoms with Gasteiger partial charge in [-0.2, -0.15) is 0 Å². The number of carbonyl (C=O) groups is 1. The first-order valence-electron chi connectivity index (χ1n) is 12.7. The van der Waals surface area contributed by atoms with Crippen LogP contribution in [0, 0.1) is 5.92 Å². The van der Waals surface area contributed by atoms with E-state index in [9.17, 15) is 9.90 Å². The highest BCUT2D eigenvalue weighted by atomic mass is 16.4. The zero-order chi connectivity index (χ0) is 22.7. The minimum absolute atomic E-state index is 0.393. The van der Waals surface area contributed by atoms with Gasteiger partial charge in [-0.3, -0.25) is 0 Å². The third kappa shape index (κ3) is 3.33. The van der Waals surface area contributed by atoms with Crippen molar-refractivity contribution in [2.45, 2.75) is 69.4 Å². The van der Waals surface area contributed by atoms with Crippen molar-refractivity contribution in [1.82, 2.24) is 9.47 Å². The summed E-state index contributed by atoms with van der Waals surface area (Å²) < 4.78 is 2.52. The van der Waals surface area contributed by atoms with Crippen LogP contribution in [0.2, 0.25) is 0 Å². The average molecular weight is 443 g/mol. The summed E-state index contributed by atoms with van der Waals surface area (Å²) in [5, 5.41) is 11.0. The van der Waals surface area contributed by atoms with Gasteiger partial charge in [-0.25, -0.2) is 4.79 Å². The van der Waals surface area contributed by atoms with Gasteiger partial charge in [0.1, 0.15) is 0 Å². The van der Waals surface area contributed by atoms with Crippen LogP contribution in [-0.4, -0.2) is 40.7 Å². The molecule has 3 atom stereocenters. The molecule has 0 bridgehead atoms. The summed E-state index contributed by atoms with van der Waals surface area (Å²) in [5.74, 6) is 0.856. The van der Waals surface area contributed by atoms with Crippen molar-refractivity contribution in [3.63, 3.8) is 0 Å². The molecule has 6 rings (SSSR count). The van der Waals surface area contributed by atoms with Crippen LogP contribution in [-0.2, 0) is 6.54 Å². The Hall–Kier alpha value is -2.59. The van der Waals surface area contributed by atoms with Crippen molar-refractivity contribution in [3.05, 3.63) is 59.2 Å². The SMILES string of the molecule is CN(C)[C@H]1C[C@H]2Cn3c(c(C4CCCCC4)c4ccc(C(=O)O)cc43)-c3ccccc3[C@H]2C1. The summed E-state index contributed by atoms with van der Waals surface area (Å²) in [6.07, 6.45) is 8.80. The van der Waals surface area contributed by atoms with Crippen molar-refractivity contribution in [1.29, 1.82) is 0 Å². The van der Waals surface area contributed by atoms with Gasteiger partial charge in [0.2, 0.25) is 0 Å². The molecule has 4 heteroatoms. The van der Waals surface area contributed by atoms with E-state index in [0.717, 1.165) is 12.1 Å². The molecule has 1 aromatic heterocycles. The van der Waals surface area contributed by atoms with Crippen LogP contribution in [0.15, 0.2) is 42.5 Å². The molecular weight excluding hydrogens is 408 g/mol. The minimum atomic E-state index is -0.841. The summed E-state index contributed by atoms with van der Waals surface area (Å²) in [6, 6.07) is 15.5. The molecule has 2 heterocycles. The van der Waals surface area contributed by atoms with Crippen LogP contribution in [0.3, 0.4) is 0 Å². The molecule has 2 saturated carbocycles. The molecule has 2 fully saturated rings. The summed E-state index contributed by atoms with van der Waals surface area (Å²) in [4.78, 5) is 14.3. The average Bonchev–Trinajstić information content (AvgIpc) is 3.36. The van der Waals surface area contributed by atoms with Gasteiger partial charge in [0.15, 0.2) is 0 Å².